The van der Waals surface area contributed by atoms with Crippen LogP contribution < -0.4 is 15.5 Å². The van der Waals surface area contributed by atoms with Gasteiger partial charge in [-0.3, -0.25) is 0 Å². The standard InChI is InChI=1S/C19H29N5/c1-6-24(7-2)17-10-8-16(9-11-17)22-19-21-15(5)12-18(23-19)20-13-14(3)4/h8-12,14H,6-7,13H2,1-5H3,(H2,20,21,22,23). The van der Waals surface area contributed by atoms with Crippen LogP contribution in [0, 0.1) is 12.8 Å². The van der Waals surface area contributed by atoms with Crippen LogP contribution in [0.5, 0.6) is 0 Å². The molecule has 0 aliphatic carbocycles. The zero-order valence-electron chi connectivity index (χ0n) is 15.4. The number of anilines is 4. The Morgan fingerprint density at radius 1 is 1.04 bits per heavy atom. The molecule has 5 nitrogen and oxygen atoms in total. The molecule has 0 unspecified atom stereocenters. The summed E-state index contributed by atoms with van der Waals surface area (Å²) in [6.07, 6.45) is 0. The van der Waals surface area contributed by atoms with Crippen molar-refractivity contribution >= 4 is 23.1 Å². The molecule has 5 heteroatoms. The molecule has 1 aromatic carbocycles. The first-order valence-corrected chi connectivity index (χ1v) is 8.73. The molecule has 24 heavy (non-hydrogen) atoms. The lowest BCUT2D eigenvalue weighted by molar-refractivity contribution is 0.687. The Labute approximate surface area is 145 Å². The minimum absolute atomic E-state index is 0.573. The molecule has 1 aromatic heterocycles. The molecule has 2 rings (SSSR count). The van der Waals surface area contributed by atoms with Crippen LogP contribution in [-0.4, -0.2) is 29.6 Å². The van der Waals surface area contributed by atoms with Gasteiger partial charge in [0, 0.05) is 42.8 Å². The van der Waals surface area contributed by atoms with Crippen molar-refractivity contribution < 1.29 is 0 Å². The van der Waals surface area contributed by atoms with Crippen molar-refractivity contribution in [3.05, 3.63) is 36.0 Å². The predicted molar refractivity (Wildman–Crippen MR) is 103 cm³/mol. The highest BCUT2D eigenvalue weighted by molar-refractivity contribution is 5.60. The van der Waals surface area contributed by atoms with Crippen molar-refractivity contribution in [2.24, 2.45) is 5.92 Å². The molecule has 0 atom stereocenters. The van der Waals surface area contributed by atoms with Gasteiger partial charge in [0.05, 0.1) is 0 Å². The fraction of sp³-hybridized carbons (Fsp3) is 0.474. The van der Waals surface area contributed by atoms with Gasteiger partial charge in [-0.25, -0.2) is 4.98 Å². The second kappa shape index (κ2) is 8.52. The number of nitrogens with one attached hydrogen (secondary N) is 2. The molecule has 0 bridgehead atoms. The summed E-state index contributed by atoms with van der Waals surface area (Å²) in [7, 11) is 0. The largest absolute Gasteiger partial charge is 0.372 e. The predicted octanol–water partition coefficient (Wildman–Crippen LogP) is 4.44. The molecule has 0 aliphatic heterocycles. The second-order valence-corrected chi connectivity index (χ2v) is 6.34. The molecule has 0 amide bonds. The zero-order chi connectivity index (χ0) is 17.5. The lowest BCUT2D eigenvalue weighted by atomic mass is 10.2. The molecular formula is C19H29N5. The summed E-state index contributed by atoms with van der Waals surface area (Å²) in [5.74, 6) is 2.06. The third kappa shape index (κ3) is 5.11. The number of hydrogen-bond acceptors (Lipinski definition) is 5. The topological polar surface area (TPSA) is 53.1 Å². The normalized spacial score (nSPS) is 10.8. The number of hydrogen-bond donors (Lipinski definition) is 2. The molecule has 1 heterocycles. The first kappa shape index (κ1) is 18.0. The van der Waals surface area contributed by atoms with Gasteiger partial charge < -0.3 is 15.5 Å². The molecule has 2 N–H and O–H groups in total. The Morgan fingerprint density at radius 2 is 1.71 bits per heavy atom. The molecule has 0 spiro atoms. The van der Waals surface area contributed by atoms with Gasteiger partial charge in [0.1, 0.15) is 5.82 Å². The van der Waals surface area contributed by atoms with Crippen LogP contribution in [0.1, 0.15) is 33.4 Å². The summed E-state index contributed by atoms with van der Waals surface area (Å²) in [5, 5.41) is 6.65. The Kier molecular flexibility index (Phi) is 6.41. The fourth-order valence-corrected chi connectivity index (χ4v) is 2.50. The summed E-state index contributed by atoms with van der Waals surface area (Å²) in [4.78, 5) is 11.3. The van der Waals surface area contributed by atoms with Crippen LogP contribution in [-0.2, 0) is 0 Å². The maximum absolute atomic E-state index is 4.55. The summed E-state index contributed by atoms with van der Waals surface area (Å²) in [6, 6.07) is 10.4. The van der Waals surface area contributed by atoms with Gasteiger partial charge in [-0.1, -0.05) is 13.8 Å². The van der Waals surface area contributed by atoms with E-state index in [0.717, 1.165) is 36.8 Å². The van der Waals surface area contributed by atoms with Crippen LogP contribution in [0.2, 0.25) is 0 Å². The highest BCUT2D eigenvalue weighted by Crippen LogP contribution is 2.20. The van der Waals surface area contributed by atoms with Gasteiger partial charge >= 0.3 is 0 Å². The molecule has 130 valence electrons. The molecule has 0 aliphatic rings. The van der Waals surface area contributed by atoms with E-state index in [1.54, 1.807) is 0 Å². The Hall–Kier alpha value is -2.30. The molecule has 0 saturated carbocycles. The van der Waals surface area contributed by atoms with E-state index < -0.39 is 0 Å². The van der Waals surface area contributed by atoms with Crippen molar-refractivity contribution in [2.75, 3.05) is 35.2 Å². The lowest BCUT2D eigenvalue weighted by Gasteiger charge is -2.21. The van der Waals surface area contributed by atoms with Gasteiger partial charge in [-0.15, -0.1) is 0 Å². The van der Waals surface area contributed by atoms with E-state index in [2.05, 4.69) is 77.5 Å². The highest BCUT2D eigenvalue weighted by atomic mass is 15.1. The summed E-state index contributed by atoms with van der Waals surface area (Å²) in [5.41, 5.74) is 3.17. The number of benzene rings is 1. The Balaban J connectivity index is 2.10. The summed E-state index contributed by atoms with van der Waals surface area (Å²) >= 11 is 0. The fourth-order valence-electron chi connectivity index (χ4n) is 2.50. The van der Waals surface area contributed by atoms with Crippen LogP contribution in [0.3, 0.4) is 0 Å². The van der Waals surface area contributed by atoms with Gasteiger partial charge in [0.15, 0.2) is 0 Å². The van der Waals surface area contributed by atoms with Gasteiger partial charge in [0.2, 0.25) is 5.95 Å². The van der Waals surface area contributed by atoms with Crippen molar-refractivity contribution in [3.8, 4) is 0 Å². The van der Waals surface area contributed by atoms with Gasteiger partial charge in [-0.2, -0.15) is 4.98 Å². The molecule has 0 saturated heterocycles. The Bertz CT molecular complexity index is 633. The molecular weight excluding hydrogens is 298 g/mol. The lowest BCUT2D eigenvalue weighted by Crippen LogP contribution is -2.21. The maximum Gasteiger partial charge on any atom is 0.229 e. The number of nitrogens with zero attached hydrogens (tertiary/aromatic N) is 3. The van der Waals surface area contributed by atoms with Crippen LogP contribution in [0.4, 0.5) is 23.1 Å². The van der Waals surface area contributed by atoms with Crippen molar-refractivity contribution in [3.63, 3.8) is 0 Å². The second-order valence-electron chi connectivity index (χ2n) is 6.34. The monoisotopic (exact) mass is 327 g/mol. The minimum atomic E-state index is 0.573. The quantitative estimate of drug-likeness (QED) is 0.750. The summed E-state index contributed by atoms with van der Waals surface area (Å²) < 4.78 is 0. The SMILES string of the molecule is CCN(CC)c1ccc(Nc2nc(C)cc(NCC(C)C)n2)cc1. The van der Waals surface area contributed by atoms with Gasteiger partial charge in [0.25, 0.3) is 0 Å². The number of aryl methyl sites for hydroxylation is 1. The molecule has 0 fully saturated rings. The van der Waals surface area contributed by atoms with E-state index in [1.807, 2.05) is 13.0 Å². The van der Waals surface area contributed by atoms with E-state index in [9.17, 15) is 0 Å². The minimum Gasteiger partial charge on any atom is -0.372 e. The van der Waals surface area contributed by atoms with Crippen LogP contribution in [0.25, 0.3) is 0 Å². The van der Waals surface area contributed by atoms with Crippen molar-refractivity contribution in [1.29, 1.82) is 0 Å². The number of aromatic nitrogens is 2. The summed E-state index contributed by atoms with van der Waals surface area (Å²) in [6.45, 7) is 13.6. The average molecular weight is 327 g/mol. The first-order valence-electron chi connectivity index (χ1n) is 8.73. The third-order valence-corrected chi connectivity index (χ3v) is 3.80. The Morgan fingerprint density at radius 3 is 2.29 bits per heavy atom. The highest BCUT2D eigenvalue weighted by Gasteiger charge is 2.05. The van der Waals surface area contributed by atoms with Crippen LogP contribution in [0.15, 0.2) is 30.3 Å². The average Bonchev–Trinajstić information content (AvgIpc) is 2.55. The zero-order valence-corrected chi connectivity index (χ0v) is 15.4. The van der Waals surface area contributed by atoms with Crippen molar-refractivity contribution in [1.82, 2.24) is 9.97 Å². The maximum atomic E-state index is 4.55. The van der Waals surface area contributed by atoms with E-state index in [0.29, 0.717) is 11.9 Å². The van der Waals surface area contributed by atoms with E-state index >= 15 is 0 Å². The third-order valence-electron chi connectivity index (χ3n) is 3.80. The van der Waals surface area contributed by atoms with Gasteiger partial charge in [-0.05, 0) is 51.0 Å². The van der Waals surface area contributed by atoms with Crippen molar-refractivity contribution in [2.45, 2.75) is 34.6 Å². The molecule has 0 radical (unpaired) electrons. The van der Waals surface area contributed by atoms with E-state index in [4.69, 9.17) is 0 Å². The molecule has 2 aromatic rings. The smallest absolute Gasteiger partial charge is 0.229 e. The number of rotatable bonds is 8. The van der Waals surface area contributed by atoms with E-state index in [-0.39, 0.29) is 0 Å². The van der Waals surface area contributed by atoms with E-state index in [1.165, 1.54) is 5.69 Å². The first-order chi connectivity index (χ1) is 11.5. The van der Waals surface area contributed by atoms with Crippen LogP contribution >= 0.6 is 0 Å².